The van der Waals surface area contributed by atoms with Crippen LogP contribution in [0.1, 0.15) is 52.4 Å². The molecule has 2 fully saturated rings. The summed E-state index contributed by atoms with van der Waals surface area (Å²) in [5, 5.41) is 9.06. The standard InChI is InChI=1S/C25H36N2O5S/c1-3-4-13-26-14-9-12-25-18(19-23(31)32-17-10-11-24(19,2)33-25)21(29)27(20(25)22(26)30)15-7-5-6-8-16-28/h9-12,18-20,28H,3-8,13-17H2,1-2H3/t18-,19-,20?,24+,25-/m0/s1. The van der Waals surface area contributed by atoms with Gasteiger partial charge in [-0.15, -0.1) is 11.8 Å². The van der Waals surface area contributed by atoms with Gasteiger partial charge in [-0.05, 0) is 32.3 Å². The topological polar surface area (TPSA) is 87.2 Å². The maximum absolute atomic E-state index is 13.9. The molecule has 0 aromatic heterocycles. The monoisotopic (exact) mass is 476 g/mol. The summed E-state index contributed by atoms with van der Waals surface area (Å²) >= 11 is 1.60. The first-order valence-electron chi connectivity index (χ1n) is 12.3. The van der Waals surface area contributed by atoms with Gasteiger partial charge >= 0.3 is 5.97 Å². The van der Waals surface area contributed by atoms with Crippen molar-refractivity contribution in [3.8, 4) is 0 Å². The van der Waals surface area contributed by atoms with Gasteiger partial charge in [0.25, 0.3) is 0 Å². The van der Waals surface area contributed by atoms with Gasteiger partial charge in [0, 0.05) is 31.0 Å². The van der Waals surface area contributed by atoms with Gasteiger partial charge in [0.2, 0.25) is 11.8 Å². The number of ether oxygens (including phenoxy) is 1. The van der Waals surface area contributed by atoms with Gasteiger partial charge < -0.3 is 19.6 Å². The van der Waals surface area contributed by atoms with E-state index in [-0.39, 0.29) is 31.0 Å². The predicted molar refractivity (Wildman–Crippen MR) is 127 cm³/mol. The first kappa shape index (κ1) is 24.3. The van der Waals surface area contributed by atoms with Gasteiger partial charge in [-0.3, -0.25) is 14.4 Å². The summed E-state index contributed by atoms with van der Waals surface area (Å²) in [6.45, 7) is 6.18. The summed E-state index contributed by atoms with van der Waals surface area (Å²) in [6, 6.07) is -0.613. The fourth-order valence-electron chi connectivity index (χ4n) is 5.94. The predicted octanol–water partition coefficient (Wildman–Crippen LogP) is 2.54. The van der Waals surface area contributed by atoms with E-state index in [0.717, 1.165) is 38.5 Å². The van der Waals surface area contributed by atoms with Crippen molar-refractivity contribution in [2.75, 3.05) is 32.8 Å². The summed E-state index contributed by atoms with van der Waals surface area (Å²) in [7, 11) is 0. The van der Waals surface area contributed by atoms with Crippen LogP contribution >= 0.6 is 11.8 Å². The summed E-state index contributed by atoms with van der Waals surface area (Å²) in [5.41, 5.74) is 0. The molecule has 4 aliphatic rings. The fourth-order valence-corrected chi connectivity index (χ4v) is 8.09. The van der Waals surface area contributed by atoms with E-state index >= 15 is 0 Å². The minimum Gasteiger partial charge on any atom is -0.461 e. The number of aliphatic hydroxyl groups is 1. The summed E-state index contributed by atoms with van der Waals surface area (Å²) in [5.74, 6) is -1.69. The van der Waals surface area contributed by atoms with Gasteiger partial charge in [-0.25, -0.2) is 0 Å². The molecule has 1 spiro atoms. The van der Waals surface area contributed by atoms with Crippen LogP contribution in [0.3, 0.4) is 0 Å². The highest BCUT2D eigenvalue weighted by atomic mass is 32.2. The Hall–Kier alpha value is -1.80. The van der Waals surface area contributed by atoms with Crippen molar-refractivity contribution in [2.45, 2.75) is 67.9 Å². The van der Waals surface area contributed by atoms with E-state index in [0.29, 0.717) is 19.6 Å². The van der Waals surface area contributed by atoms with Gasteiger partial charge in [0.05, 0.1) is 16.6 Å². The average molecular weight is 477 g/mol. The van der Waals surface area contributed by atoms with E-state index in [1.54, 1.807) is 16.7 Å². The summed E-state index contributed by atoms with van der Waals surface area (Å²) in [4.78, 5) is 44.6. The molecule has 33 heavy (non-hydrogen) atoms. The number of fused-ring (bicyclic) bond motifs is 2. The van der Waals surface area contributed by atoms with Gasteiger partial charge in [0.15, 0.2) is 0 Å². The molecule has 4 rings (SSSR count). The number of carbonyl (C=O) groups excluding carboxylic acids is 3. The van der Waals surface area contributed by atoms with Crippen molar-refractivity contribution in [1.29, 1.82) is 0 Å². The zero-order valence-electron chi connectivity index (χ0n) is 19.7. The first-order valence-corrected chi connectivity index (χ1v) is 13.1. The minimum atomic E-state index is -0.777. The molecule has 182 valence electrons. The number of unbranched alkanes of at least 4 members (excludes halogenated alkanes) is 4. The largest absolute Gasteiger partial charge is 0.461 e. The van der Waals surface area contributed by atoms with Crippen LogP contribution in [0.25, 0.3) is 0 Å². The third-order valence-corrected chi connectivity index (χ3v) is 9.28. The molecule has 0 aliphatic carbocycles. The normalized spacial score (nSPS) is 35.2. The Morgan fingerprint density at radius 1 is 1.03 bits per heavy atom. The van der Waals surface area contributed by atoms with E-state index in [1.807, 2.05) is 30.1 Å². The number of carbonyl (C=O) groups is 3. The maximum Gasteiger partial charge on any atom is 0.311 e. The van der Waals surface area contributed by atoms with Crippen LogP contribution in [0, 0.1) is 11.8 Å². The third-order valence-electron chi connectivity index (χ3n) is 7.48. The van der Waals surface area contributed by atoms with Crippen molar-refractivity contribution in [1.82, 2.24) is 9.80 Å². The van der Waals surface area contributed by atoms with Crippen molar-refractivity contribution in [3.63, 3.8) is 0 Å². The third kappa shape index (κ3) is 4.14. The van der Waals surface area contributed by atoms with E-state index in [2.05, 4.69) is 13.0 Å². The smallest absolute Gasteiger partial charge is 0.311 e. The molecule has 0 aromatic rings. The maximum atomic E-state index is 13.9. The lowest BCUT2D eigenvalue weighted by Crippen LogP contribution is -2.53. The molecule has 1 unspecified atom stereocenters. The van der Waals surface area contributed by atoms with Crippen LogP contribution in [0.4, 0.5) is 0 Å². The van der Waals surface area contributed by atoms with E-state index in [9.17, 15) is 14.4 Å². The minimum absolute atomic E-state index is 0.00966. The number of thioether (sulfide) groups is 1. The molecule has 0 bridgehead atoms. The van der Waals surface area contributed by atoms with Crippen molar-refractivity contribution in [2.24, 2.45) is 11.8 Å². The molecule has 2 saturated heterocycles. The Balaban J connectivity index is 1.71. The number of amides is 2. The van der Waals surface area contributed by atoms with Crippen LogP contribution in [-0.2, 0) is 19.1 Å². The Bertz CT molecular complexity index is 845. The van der Waals surface area contributed by atoms with E-state index in [4.69, 9.17) is 9.84 Å². The molecule has 5 atom stereocenters. The second-order valence-electron chi connectivity index (χ2n) is 9.74. The van der Waals surface area contributed by atoms with Crippen LogP contribution in [0.2, 0.25) is 0 Å². The Labute approximate surface area is 200 Å². The number of aliphatic hydroxyl groups excluding tert-OH is 1. The second kappa shape index (κ2) is 9.82. The highest BCUT2D eigenvalue weighted by Crippen LogP contribution is 2.65. The molecule has 4 heterocycles. The van der Waals surface area contributed by atoms with Crippen LogP contribution in [0.15, 0.2) is 24.3 Å². The number of esters is 1. The number of nitrogens with zero attached hydrogens (tertiary/aromatic N) is 2. The Morgan fingerprint density at radius 2 is 1.82 bits per heavy atom. The molecule has 0 saturated carbocycles. The number of hydrogen-bond donors (Lipinski definition) is 1. The SMILES string of the molecule is CCCCN1CC=C[C@]23S[C@]4(C)C=CCOC(=O)[C@@H]4[C@H]2C(=O)N(CCCCCCO)C3C1=O. The molecular formula is C25H36N2O5S. The molecule has 1 N–H and O–H groups in total. The highest BCUT2D eigenvalue weighted by molar-refractivity contribution is 8.02. The van der Waals surface area contributed by atoms with Crippen molar-refractivity contribution in [3.05, 3.63) is 24.3 Å². The highest BCUT2D eigenvalue weighted by Gasteiger charge is 2.73. The van der Waals surface area contributed by atoms with Gasteiger partial charge in [-0.2, -0.15) is 0 Å². The van der Waals surface area contributed by atoms with Gasteiger partial charge in [-0.1, -0.05) is 44.4 Å². The fraction of sp³-hybridized carbons (Fsp3) is 0.720. The first-order chi connectivity index (χ1) is 15.9. The van der Waals surface area contributed by atoms with E-state index < -0.39 is 27.4 Å². The average Bonchev–Trinajstić information content (AvgIpc) is 3.04. The summed E-state index contributed by atoms with van der Waals surface area (Å²) in [6.07, 6.45) is 13.1. The Kier molecular flexibility index (Phi) is 7.24. The summed E-state index contributed by atoms with van der Waals surface area (Å²) < 4.78 is 4.08. The molecule has 2 amide bonds. The number of rotatable bonds is 9. The number of cyclic esters (lactones) is 1. The molecule has 8 heteroatoms. The van der Waals surface area contributed by atoms with Gasteiger partial charge in [0.1, 0.15) is 12.6 Å². The zero-order chi connectivity index (χ0) is 23.6. The molecule has 0 radical (unpaired) electrons. The van der Waals surface area contributed by atoms with Crippen molar-refractivity contribution < 1.29 is 24.2 Å². The van der Waals surface area contributed by atoms with E-state index in [1.165, 1.54) is 0 Å². The lowest BCUT2D eigenvalue weighted by Gasteiger charge is -2.36. The zero-order valence-corrected chi connectivity index (χ0v) is 20.5. The molecule has 0 aromatic carbocycles. The number of hydrogen-bond acceptors (Lipinski definition) is 6. The van der Waals surface area contributed by atoms with Crippen LogP contribution in [0.5, 0.6) is 0 Å². The Morgan fingerprint density at radius 3 is 2.58 bits per heavy atom. The quantitative estimate of drug-likeness (QED) is 0.313. The second-order valence-corrected chi connectivity index (χ2v) is 11.5. The lowest BCUT2D eigenvalue weighted by molar-refractivity contribution is -0.152. The number of likely N-dealkylation sites (tertiary alicyclic amines) is 1. The van der Waals surface area contributed by atoms with Crippen molar-refractivity contribution >= 4 is 29.5 Å². The molecule has 7 nitrogen and oxygen atoms in total. The molecule has 4 aliphatic heterocycles. The molecular weight excluding hydrogens is 440 g/mol. The van der Waals surface area contributed by atoms with Crippen LogP contribution < -0.4 is 0 Å². The lowest BCUT2D eigenvalue weighted by atomic mass is 9.75. The van der Waals surface area contributed by atoms with Crippen LogP contribution in [-0.4, -0.2) is 81.1 Å².